The van der Waals surface area contributed by atoms with Crippen LogP contribution in [0.25, 0.3) is 0 Å². The number of halogens is 1. The molecular weight excluding hydrogens is 628 g/mol. The summed E-state index contributed by atoms with van der Waals surface area (Å²) in [7, 11) is -1.15. The molecule has 10 heteroatoms. The Balaban J connectivity index is 1.77. The lowest BCUT2D eigenvalue weighted by Crippen LogP contribution is -2.55. The van der Waals surface area contributed by atoms with Crippen molar-refractivity contribution in [3.63, 3.8) is 0 Å². The van der Waals surface area contributed by atoms with Crippen molar-refractivity contribution in [1.82, 2.24) is 14.5 Å². The molecule has 3 aromatic carbocycles. The van der Waals surface area contributed by atoms with Crippen LogP contribution in [0, 0.1) is 13.8 Å². The molecular formula is C33H41BrN4O4S. The predicted molar refractivity (Wildman–Crippen MR) is 175 cm³/mol. The SMILES string of the molecule is Cc1ccc(C)c(N(CC(=O)N(Cc2ccc(Br)cc2)C(Cc2ccccc2)C(=O)NC2CCCC2)S(=O)(=O)N(C)C)c1. The Morgan fingerprint density at radius 1 is 0.930 bits per heavy atom. The standard InChI is InChI=1S/C33H41BrN4O4S/c1-24-14-15-25(2)30(20-24)38(43(41,42)36(3)4)23-32(39)37(22-27-16-18-28(34)19-17-27)31(21-26-10-6-5-7-11-26)33(40)35-29-12-8-9-13-29/h5-7,10-11,14-20,29,31H,8-9,12-13,21-23H2,1-4H3,(H,35,40). The molecule has 1 N–H and O–H groups in total. The predicted octanol–water partition coefficient (Wildman–Crippen LogP) is 5.38. The van der Waals surface area contributed by atoms with E-state index in [1.54, 1.807) is 11.0 Å². The quantitative estimate of drug-likeness (QED) is 0.281. The summed E-state index contributed by atoms with van der Waals surface area (Å²) in [5.74, 6) is -0.688. The first-order chi connectivity index (χ1) is 20.5. The van der Waals surface area contributed by atoms with Crippen LogP contribution in [-0.4, -0.2) is 62.2 Å². The number of carbonyl (C=O) groups excluding carboxylic acids is 2. The van der Waals surface area contributed by atoms with E-state index in [1.165, 1.54) is 14.1 Å². The van der Waals surface area contributed by atoms with E-state index < -0.39 is 28.7 Å². The third kappa shape index (κ3) is 8.46. The number of nitrogens with one attached hydrogen (secondary N) is 1. The Labute approximate surface area is 264 Å². The van der Waals surface area contributed by atoms with Gasteiger partial charge < -0.3 is 10.2 Å². The smallest absolute Gasteiger partial charge is 0.304 e. The molecule has 1 aliphatic carbocycles. The van der Waals surface area contributed by atoms with Crippen LogP contribution in [0.5, 0.6) is 0 Å². The third-order valence-corrected chi connectivity index (χ3v) is 10.2. The lowest BCUT2D eigenvalue weighted by atomic mass is 10.0. The monoisotopic (exact) mass is 668 g/mol. The van der Waals surface area contributed by atoms with E-state index in [2.05, 4.69) is 21.2 Å². The van der Waals surface area contributed by atoms with Gasteiger partial charge in [0.25, 0.3) is 0 Å². The van der Waals surface area contributed by atoms with Gasteiger partial charge in [0.15, 0.2) is 0 Å². The van der Waals surface area contributed by atoms with Gasteiger partial charge in [-0.3, -0.25) is 9.59 Å². The maximum absolute atomic E-state index is 14.4. The minimum absolute atomic E-state index is 0.0657. The zero-order valence-electron chi connectivity index (χ0n) is 25.3. The van der Waals surface area contributed by atoms with Crippen molar-refractivity contribution in [2.45, 2.75) is 64.6 Å². The van der Waals surface area contributed by atoms with Gasteiger partial charge in [0, 0.05) is 37.6 Å². The van der Waals surface area contributed by atoms with Gasteiger partial charge in [-0.15, -0.1) is 0 Å². The van der Waals surface area contributed by atoms with Crippen molar-refractivity contribution < 1.29 is 18.0 Å². The zero-order valence-corrected chi connectivity index (χ0v) is 27.7. The Kier molecular flexibility index (Phi) is 11.0. The molecule has 1 atom stereocenters. The summed E-state index contributed by atoms with van der Waals surface area (Å²) < 4.78 is 30.5. The molecule has 1 aliphatic rings. The summed E-state index contributed by atoms with van der Waals surface area (Å²) >= 11 is 3.47. The van der Waals surface area contributed by atoms with E-state index in [1.807, 2.05) is 80.6 Å². The molecule has 230 valence electrons. The number of carbonyl (C=O) groups is 2. The molecule has 2 amide bonds. The molecule has 1 saturated carbocycles. The number of hydrogen-bond donors (Lipinski definition) is 1. The first-order valence-electron chi connectivity index (χ1n) is 14.6. The Bertz CT molecular complexity index is 1510. The number of rotatable bonds is 12. The van der Waals surface area contributed by atoms with Crippen LogP contribution < -0.4 is 9.62 Å². The minimum atomic E-state index is -4.05. The molecule has 43 heavy (non-hydrogen) atoms. The van der Waals surface area contributed by atoms with Gasteiger partial charge in [-0.1, -0.05) is 83.4 Å². The van der Waals surface area contributed by atoms with Gasteiger partial charge in [0.1, 0.15) is 12.6 Å². The fourth-order valence-corrected chi connectivity index (χ4v) is 6.78. The van der Waals surface area contributed by atoms with Crippen LogP contribution in [-0.2, 0) is 32.8 Å². The number of benzene rings is 3. The fourth-order valence-electron chi connectivity index (χ4n) is 5.40. The molecule has 0 aliphatic heterocycles. The summed E-state index contributed by atoms with van der Waals surface area (Å²) in [5, 5.41) is 3.20. The van der Waals surface area contributed by atoms with Crippen molar-refractivity contribution in [2.75, 3.05) is 24.9 Å². The van der Waals surface area contributed by atoms with Gasteiger partial charge >= 0.3 is 10.2 Å². The molecule has 3 aromatic rings. The number of hydrogen-bond acceptors (Lipinski definition) is 4. The van der Waals surface area contributed by atoms with E-state index in [0.717, 1.165) is 61.0 Å². The summed E-state index contributed by atoms with van der Waals surface area (Å²) in [4.78, 5) is 30.0. The molecule has 0 saturated heterocycles. The van der Waals surface area contributed by atoms with Crippen LogP contribution in [0.3, 0.4) is 0 Å². The third-order valence-electron chi connectivity index (χ3n) is 7.89. The van der Waals surface area contributed by atoms with E-state index in [0.29, 0.717) is 12.1 Å². The minimum Gasteiger partial charge on any atom is -0.352 e. The van der Waals surface area contributed by atoms with Gasteiger partial charge in [-0.2, -0.15) is 12.7 Å². The normalized spacial score (nSPS) is 14.5. The molecule has 8 nitrogen and oxygen atoms in total. The number of nitrogens with zero attached hydrogens (tertiary/aromatic N) is 3. The summed E-state index contributed by atoms with van der Waals surface area (Å²) in [6.45, 7) is 3.40. The molecule has 0 spiro atoms. The lowest BCUT2D eigenvalue weighted by molar-refractivity contribution is -0.140. The highest BCUT2D eigenvalue weighted by Gasteiger charge is 2.36. The Morgan fingerprint density at radius 2 is 1.58 bits per heavy atom. The fraction of sp³-hybridized carbons (Fsp3) is 0.394. The lowest BCUT2D eigenvalue weighted by Gasteiger charge is -2.35. The Morgan fingerprint density at radius 3 is 2.21 bits per heavy atom. The number of amides is 2. The largest absolute Gasteiger partial charge is 0.352 e. The highest BCUT2D eigenvalue weighted by Crippen LogP contribution is 2.27. The molecule has 0 radical (unpaired) electrons. The molecule has 1 fully saturated rings. The summed E-state index contributed by atoms with van der Waals surface area (Å²) in [6, 6.07) is 21.9. The first-order valence-corrected chi connectivity index (χ1v) is 16.8. The summed E-state index contributed by atoms with van der Waals surface area (Å²) in [6.07, 6.45) is 4.23. The van der Waals surface area contributed by atoms with E-state index >= 15 is 0 Å². The van der Waals surface area contributed by atoms with E-state index in [-0.39, 0.29) is 18.5 Å². The van der Waals surface area contributed by atoms with Crippen LogP contribution in [0.15, 0.2) is 77.3 Å². The van der Waals surface area contributed by atoms with E-state index in [9.17, 15) is 18.0 Å². The van der Waals surface area contributed by atoms with Crippen molar-refractivity contribution in [1.29, 1.82) is 0 Å². The summed E-state index contributed by atoms with van der Waals surface area (Å²) in [5.41, 5.74) is 3.77. The van der Waals surface area contributed by atoms with E-state index in [4.69, 9.17) is 0 Å². The Hall–Kier alpha value is -3.21. The van der Waals surface area contributed by atoms with Crippen LogP contribution in [0.2, 0.25) is 0 Å². The molecule has 4 rings (SSSR count). The first kappa shape index (κ1) is 32.7. The maximum atomic E-state index is 14.4. The van der Waals surface area contributed by atoms with Gasteiger partial charge in [-0.05, 0) is 67.1 Å². The highest BCUT2D eigenvalue weighted by atomic mass is 79.9. The van der Waals surface area contributed by atoms with Crippen LogP contribution in [0.4, 0.5) is 5.69 Å². The van der Waals surface area contributed by atoms with Crippen molar-refractivity contribution in [3.05, 3.63) is 99.5 Å². The van der Waals surface area contributed by atoms with Crippen LogP contribution >= 0.6 is 15.9 Å². The average molecular weight is 670 g/mol. The van der Waals surface area contributed by atoms with Gasteiger partial charge in [0.2, 0.25) is 11.8 Å². The number of aryl methyl sites for hydroxylation is 2. The highest BCUT2D eigenvalue weighted by molar-refractivity contribution is 9.10. The molecule has 0 bridgehead atoms. The molecule has 1 unspecified atom stereocenters. The molecule has 0 aromatic heterocycles. The second-order valence-corrected chi connectivity index (χ2v) is 14.4. The molecule has 0 heterocycles. The van der Waals surface area contributed by atoms with Crippen molar-refractivity contribution in [3.8, 4) is 0 Å². The van der Waals surface area contributed by atoms with Gasteiger partial charge in [0.05, 0.1) is 5.69 Å². The topological polar surface area (TPSA) is 90.0 Å². The number of anilines is 1. The maximum Gasteiger partial charge on any atom is 0.304 e. The van der Waals surface area contributed by atoms with Crippen LogP contribution in [0.1, 0.15) is 47.9 Å². The van der Waals surface area contributed by atoms with Crippen molar-refractivity contribution in [2.24, 2.45) is 0 Å². The zero-order chi connectivity index (χ0) is 31.1. The second kappa shape index (κ2) is 14.5. The van der Waals surface area contributed by atoms with Crippen molar-refractivity contribution >= 4 is 43.6 Å². The van der Waals surface area contributed by atoms with Gasteiger partial charge in [-0.25, -0.2) is 4.31 Å². The average Bonchev–Trinajstić information content (AvgIpc) is 3.49. The second-order valence-electron chi connectivity index (χ2n) is 11.4.